The third-order valence-corrected chi connectivity index (χ3v) is 4.71. The summed E-state index contributed by atoms with van der Waals surface area (Å²) >= 11 is 0. The van der Waals surface area contributed by atoms with Crippen molar-refractivity contribution in [2.75, 3.05) is 5.32 Å². The van der Waals surface area contributed by atoms with Crippen molar-refractivity contribution >= 4 is 22.6 Å². The first-order valence-electron chi connectivity index (χ1n) is 8.21. The first kappa shape index (κ1) is 14.1. The number of benzene rings is 1. The summed E-state index contributed by atoms with van der Waals surface area (Å²) in [5.74, 6) is 0.854. The van der Waals surface area contributed by atoms with Crippen LogP contribution in [0.4, 0.5) is 5.82 Å². The maximum Gasteiger partial charge on any atom is 0.228 e. The molecule has 0 spiro atoms. The Balaban J connectivity index is 1.64. The number of anilines is 1. The number of aryl methyl sites for hydroxylation is 1. The first-order valence-corrected chi connectivity index (χ1v) is 8.21. The fourth-order valence-corrected chi connectivity index (χ4v) is 3.19. The van der Waals surface area contributed by atoms with Gasteiger partial charge in [0.15, 0.2) is 5.82 Å². The monoisotopic (exact) mass is 308 g/mol. The van der Waals surface area contributed by atoms with E-state index in [-0.39, 0.29) is 11.8 Å². The number of amides is 1. The van der Waals surface area contributed by atoms with Gasteiger partial charge < -0.3 is 9.88 Å². The molecule has 2 aromatic heterocycles. The first-order chi connectivity index (χ1) is 11.3. The molecular weight excluding hydrogens is 288 g/mol. The third kappa shape index (κ3) is 2.42. The lowest BCUT2D eigenvalue weighted by atomic mass is 9.85. The molecule has 0 bridgehead atoms. The number of carbonyl (C=O) groups excluding carboxylic acids is 1. The van der Waals surface area contributed by atoms with Crippen LogP contribution in [-0.2, 0) is 11.3 Å². The second-order valence-corrected chi connectivity index (χ2v) is 6.12. The van der Waals surface area contributed by atoms with Gasteiger partial charge in [-0.05, 0) is 31.9 Å². The Morgan fingerprint density at radius 2 is 2.17 bits per heavy atom. The van der Waals surface area contributed by atoms with Gasteiger partial charge in [-0.15, -0.1) is 0 Å². The van der Waals surface area contributed by atoms with Crippen molar-refractivity contribution in [3.05, 3.63) is 36.4 Å². The zero-order valence-corrected chi connectivity index (χ0v) is 13.2. The molecule has 2 N–H and O–H groups in total. The number of para-hydroxylation sites is 1. The van der Waals surface area contributed by atoms with E-state index in [0.29, 0.717) is 5.82 Å². The van der Waals surface area contributed by atoms with Gasteiger partial charge in [0.2, 0.25) is 5.91 Å². The predicted octanol–water partition coefficient (Wildman–Crippen LogP) is 3.79. The minimum absolute atomic E-state index is 0.0883. The van der Waals surface area contributed by atoms with Crippen molar-refractivity contribution in [2.24, 2.45) is 5.92 Å². The molecule has 0 aliphatic heterocycles. The third-order valence-electron chi connectivity index (χ3n) is 4.71. The highest BCUT2D eigenvalue weighted by Gasteiger charge is 2.25. The van der Waals surface area contributed by atoms with Gasteiger partial charge in [-0.1, -0.05) is 24.6 Å². The van der Waals surface area contributed by atoms with Crippen LogP contribution in [0.25, 0.3) is 22.3 Å². The quantitative estimate of drug-likeness (QED) is 0.770. The number of fused-ring (bicyclic) bond motifs is 1. The summed E-state index contributed by atoms with van der Waals surface area (Å²) in [7, 11) is 0. The minimum atomic E-state index is 0.0883. The Labute approximate surface area is 134 Å². The number of H-pyrrole nitrogens is 1. The largest absolute Gasteiger partial charge is 0.340 e. The highest BCUT2D eigenvalue weighted by atomic mass is 16.2. The molecule has 118 valence electrons. The molecule has 1 aliphatic carbocycles. The van der Waals surface area contributed by atoms with Gasteiger partial charge in [0.05, 0.1) is 11.4 Å². The summed E-state index contributed by atoms with van der Waals surface area (Å²) in [4.78, 5) is 12.0. The SMILES string of the molecule is CCn1c(-c2cc(NC(=O)C3CCC3)n[nH]2)cc2ccccc21. The molecular formula is C18H20N4O. The van der Waals surface area contributed by atoms with E-state index in [0.717, 1.165) is 37.2 Å². The van der Waals surface area contributed by atoms with E-state index < -0.39 is 0 Å². The maximum absolute atomic E-state index is 12.0. The van der Waals surface area contributed by atoms with Crippen molar-refractivity contribution < 1.29 is 4.79 Å². The Morgan fingerprint density at radius 1 is 1.35 bits per heavy atom. The zero-order chi connectivity index (χ0) is 15.8. The van der Waals surface area contributed by atoms with Crippen LogP contribution in [0.5, 0.6) is 0 Å². The molecule has 5 heteroatoms. The van der Waals surface area contributed by atoms with Crippen molar-refractivity contribution in [1.82, 2.24) is 14.8 Å². The van der Waals surface area contributed by atoms with Crippen molar-refractivity contribution in [3.8, 4) is 11.4 Å². The fourth-order valence-electron chi connectivity index (χ4n) is 3.19. The van der Waals surface area contributed by atoms with Gasteiger partial charge in [-0.25, -0.2) is 0 Å². The Morgan fingerprint density at radius 3 is 2.91 bits per heavy atom. The van der Waals surface area contributed by atoms with E-state index in [4.69, 9.17) is 0 Å². The number of rotatable bonds is 4. The van der Waals surface area contributed by atoms with Crippen molar-refractivity contribution in [2.45, 2.75) is 32.7 Å². The van der Waals surface area contributed by atoms with Crippen LogP contribution in [-0.4, -0.2) is 20.7 Å². The molecule has 5 nitrogen and oxygen atoms in total. The van der Waals surface area contributed by atoms with E-state index in [1.165, 1.54) is 10.9 Å². The summed E-state index contributed by atoms with van der Waals surface area (Å²) in [6.07, 6.45) is 3.14. The lowest BCUT2D eigenvalue weighted by molar-refractivity contribution is -0.122. The van der Waals surface area contributed by atoms with Gasteiger partial charge in [0.1, 0.15) is 0 Å². The molecule has 0 saturated heterocycles. The number of aromatic amines is 1. The van der Waals surface area contributed by atoms with E-state index in [9.17, 15) is 4.79 Å². The molecule has 1 aromatic carbocycles. The number of nitrogens with zero attached hydrogens (tertiary/aromatic N) is 2. The molecule has 1 aliphatic rings. The van der Waals surface area contributed by atoms with Crippen LogP contribution in [0.15, 0.2) is 36.4 Å². The maximum atomic E-state index is 12.0. The number of hydrogen-bond acceptors (Lipinski definition) is 2. The highest BCUT2D eigenvalue weighted by Crippen LogP contribution is 2.30. The zero-order valence-electron chi connectivity index (χ0n) is 13.2. The molecule has 0 radical (unpaired) electrons. The topological polar surface area (TPSA) is 62.7 Å². The smallest absolute Gasteiger partial charge is 0.228 e. The van der Waals surface area contributed by atoms with Crippen LogP contribution in [0.3, 0.4) is 0 Å². The summed E-state index contributed by atoms with van der Waals surface area (Å²) in [5, 5.41) is 11.4. The van der Waals surface area contributed by atoms with Gasteiger partial charge in [0, 0.05) is 29.4 Å². The van der Waals surface area contributed by atoms with E-state index in [1.54, 1.807) is 0 Å². The fraction of sp³-hybridized carbons (Fsp3) is 0.333. The van der Waals surface area contributed by atoms with Crippen molar-refractivity contribution in [3.63, 3.8) is 0 Å². The number of hydrogen-bond donors (Lipinski definition) is 2. The summed E-state index contributed by atoms with van der Waals surface area (Å²) in [6.45, 7) is 3.01. The van der Waals surface area contributed by atoms with E-state index in [1.807, 2.05) is 12.1 Å². The summed E-state index contributed by atoms with van der Waals surface area (Å²) in [6, 6.07) is 12.4. The molecule has 1 fully saturated rings. The average Bonchev–Trinajstić information content (AvgIpc) is 3.08. The summed E-state index contributed by atoms with van der Waals surface area (Å²) < 4.78 is 2.25. The van der Waals surface area contributed by atoms with E-state index >= 15 is 0 Å². The second kappa shape index (κ2) is 5.57. The van der Waals surface area contributed by atoms with Crippen LogP contribution < -0.4 is 5.32 Å². The average molecular weight is 308 g/mol. The van der Waals surface area contributed by atoms with Gasteiger partial charge in [-0.3, -0.25) is 9.89 Å². The predicted molar refractivity (Wildman–Crippen MR) is 91.2 cm³/mol. The molecule has 2 heterocycles. The molecule has 0 atom stereocenters. The molecule has 0 unspecified atom stereocenters. The number of nitrogens with one attached hydrogen (secondary N) is 2. The van der Waals surface area contributed by atoms with Crippen LogP contribution in [0.1, 0.15) is 26.2 Å². The Bertz CT molecular complexity index is 857. The van der Waals surface area contributed by atoms with Gasteiger partial charge >= 0.3 is 0 Å². The Hall–Kier alpha value is -2.56. The minimum Gasteiger partial charge on any atom is -0.340 e. The van der Waals surface area contributed by atoms with Gasteiger partial charge in [0.25, 0.3) is 0 Å². The lowest BCUT2D eigenvalue weighted by Gasteiger charge is -2.23. The molecule has 1 saturated carbocycles. The second-order valence-electron chi connectivity index (χ2n) is 6.12. The van der Waals surface area contributed by atoms with Crippen LogP contribution >= 0.6 is 0 Å². The number of aromatic nitrogens is 3. The number of carbonyl (C=O) groups is 1. The molecule has 23 heavy (non-hydrogen) atoms. The molecule has 1 amide bonds. The lowest BCUT2D eigenvalue weighted by Crippen LogP contribution is -2.28. The standard InChI is InChI=1S/C18H20N4O/c1-2-22-15-9-4-3-6-13(15)10-16(22)14-11-17(21-20-14)19-18(23)12-7-5-8-12/h3-4,6,9-12H,2,5,7-8H2,1H3,(H2,19,20,21,23). The van der Waals surface area contributed by atoms with Crippen molar-refractivity contribution in [1.29, 1.82) is 0 Å². The van der Waals surface area contributed by atoms with Crippen LogP contribution in [0.2, 0.25) is 0 Å². The Kier molecular flexibility index (Phi) is 3.41. The highest BCUT2D eigenvalue weighted by molar-refractivity contribution is 5.93. The van der Waals surface area contributed by atoms with Crippen LogP contribution in [0, 0.1) is 5.92 Å². The normalized spacial score (nSPS) is 14.8. The molecule has 3 aromatic rings. The molecule has 4 rings (SSSR count). The van der Waals surface area contributed by atoms with E-state index in [2.05, 4.69) is 51.3 Å². The van der Waals surface area contributed by atoms with Gasteiger partial charge in [-0.2, -0.15) is 5.10 Å². The summed E-state index contributed by atoms with van der Waals surface area (Å²) in [5.41, 5.74) is 3.22.